The number of nitrogens with zero attached hydrogens (tertiary/aromatic N) is 1. The van der Waals surface area contributed by atoms with E-state index < -0.39 is 0 Å². The smallest absolute Gasteiger partial charge is 0.264 e. The fourth-order valence-electron chi connectivity index (χ4n) is 3.46. The topological polar surface area (TPSA) is 29.1 Å². The number of hydrogen-bond acceptors (Lipinski definition) is 1. The predicted molar refractivity (Wildman–Crippen MR) is 119 cm³/mol. The largest absolute Gasteiger partial charge is 0.270 e. The summed E-state index contributed by atoms with van der Waals surface area (Å²) >= 11 is 0. The molecule has 0 radical (unpaired) electrons. The monoisotopic (exact) mass is 379 g/mol. The van der Waals surface area contributed by atoms with Gasteiger partial charge < -0.3 is 0 Å². The molecule has 0 fully saturated rings. The zero-order valence-corrected chi connectivity index (χ0v) is 18.8. The molecule has 0 saturated carbocycles. The molecule has 0 aromatic carbocycles. The molecule has 1 amide bonds. The average molecular weight is 380 g/mol. The minimum absolute atomic E-state index is 0.152. The van der Waals surface area contributed by atoms with Crippen LogP contribution in [-0.2, 0) is 4.79 Å². The predicted octanol–water partition coefficient (Wildman–Crippen LogP) is 6.71. The number of unbranched alkanes of at least 4 members (excludes halogenated alkanes) is 11. The maximum atomic E-state index is 12.0. The molecule has 0 aliphatic heterocycles. The fourth-order valence-corrected chi connectivity index (χ4v) is 3.46. The number of allylic oxidation sites excluding steroid dienone is 2. The first-order chi connectivity index (χ1) is 12.9. The zero-order chi connectivity index (χ0) is 20.4. The number of rotatable bonds is 18. The van der Waals surface area contributed by atoms with E-state index in [4.69, 9.17) is 0 Å². The zero-order valence-electron chi connectivity index (χ0n) is 18.8. The quantitative estimate of drug-likeness (QED) is 0.122. The molecule has 0 unspecified atom stereocenters. The van der Waals surface area contributed by atoms with Crippen LogP contribution in [0.15, 0.2) is 24.3 Å². The third-order valence-corrected chi connectivity index (χ3v) is 4.76. The molecule has 0 rings (SSSR count). The summed E-state index contributed by atoms with van der Waals surface area (Å²) < 4.78 is 0.485. The summed E-state index contributed by atoms with van der Waals surface area (Å²) in [6.45, 7) is 8.96. The van der Waals surface area contributed by atoms with Gasteiger partial charge in [0.05, 0.1) is 14.1 Å². The number of amides is 1. The summed E-state index contributed by atoms with van der Waals surface area (Å²) in [5.41, 5.74) is 4.15. The van der Waals surface area contributed by atoms with Crippen LogP contribution in [0.4, 0.5) is 0 Å². The Kier molecular flexibility index (Phi) is 16.4. The Bertz CT molecular complexity index is 413. The Morgan fingerprint density at radius 1 is 0.852 bits per heavy atom. The van der Waals surface area contributed by atoms with Gasteiger partial charge in [-0.1, -0.05) is 77.0 Å². The lowest BCUT2D eigenvalue weighted by Crippen LogP contribution is -2.55. The number of nitrogens with one attached hydrogen (secondary N) is 1. The highest BCUT2D eigenvalue weighted by Crippen LogP contribution is 2.10. The molecule has 1 N–H and O–H groups in total. The highest BCUT2D eigenvalue weighted by Gasteiger charge is 2.18. The summed E-state index contributed by atoms with van der Waals surface area (Å²) in [7, 11) is 4.01. The normalized spacial score (nSPS) is 11.9. The average Bonchev–Trinajstić information content (AvgIpc) is 2.56. The summed E-state index contributed by atoms with van der Waals surface area (Å²) in [6, 6.07) is 0. The molecule has 0 aliphatic carbocycles. The molecule has 3 nitrogen and oxygen atoms in total. The van der Waals surface area contributed by atoms with Crippen LogP contribution in [0.5, 0.6) is 0 Å². The third kappa shape index (κ3) is 19.5. The van der Waals surface area contributed by atoms with Crippen molar-refractivity contribution < 1.29 is 9.39 Å². The maximum Gasteiger partial charge on any atom is 0.264 e. The van der Waals surface area contributed by atoms with Gasteiger partial charge in [0, 0.05) is 6.42 Å². The molecule has 0 aromatic heterocycles. The van der Waals surface area contributed by atoms with Crippen LogP contribution in [0.3, 0.4) is 0 Å². The molecule has 0 aromatic rings. The Morgan fingerprint density at radius 3 is 1.85 bits per heavy atom. The number of carbonyl (C=O) groups excluding carboxylic acids is 1. The van der Waals surface area contributed by atoms with Gasteiger partial charge in [0.25, 0.3) is 5.91 Å². The molecule has 0 spiro atoms. The molecular formula is C24H47N2O+. The van der Waals surface area contributed by atoms with E-state index in [1.54, 1.807) is 0 Å². The molecule has 3 heteroatoms. The third-order valence-electron chi connectivity index (χ3n) is 4.76. The lowest BCUT2D eigenvalue weighted by atomic mass is 10.1. The molecule has 158 valence electrons. The van der Waals surface area contributed by atoms with Gasteiger partial charge in [0.2, 0.25) is 0 Å². The Labute approximate surface area is 169 Å². The maximum absolute atomic E-state index is 12.0. The lowest BCUT2D eigenvalue weighted by molar-refractivity contribution is -0.920. The highest BCUT2D eigenvalue weighted by atomic mass is 16.2. The molecule has 27 heavy (non-hydrogen) atoms. The van der Waals surface area contributed by atoms with Gasteiger partial charge in [-0.05, 0) is 44.6 Å². The number of hydrogen-bond donors (Lipinski definition) is 1. The summed E-state index contributed by atoms with van der Waals surface area (Å²) in [5, 5.41) is 0. The number of quaternary nitrogens is 1. The van der Waals surface area contributed by atoms with Crippen LogP contribution in [0, 0.1) is 0 Å². The van der Waals surface area contributed by atoms with Gasteiger partial charge in [-0.15, -0.1) is 0 Å². The van der Waals surface area contributed by atoms with Crippen molar-refractivity contribution in [1.29, 1.82) is 0 Å². The second-order valence-electron chi connectivity index (χ2n) is 8.67. The van der Waals surface area contributed by atoms with Crippen molar-refractivity contribution in [2.24, 2.45) is 0 Å². The van der Waals surface area contributed by atoms with Crippen molar-refractivity contribution in [2.45, 2.75) is 104 Å². The molecule has 0 bridgehead atoms. The number of likely N-dealkylation sites (N-methyl/N-ethyl adjacent to an activating group) is 1. The molecule has 0 heterocycles. The van der Waals surface area contributed by atoms with Crippen molar-refractivity contribution in [3.8, 4) is 0 Å². The van der Waals surface area contributed by atoms with Crippen LogP contribution in [0.1, 0.15) is 104 Å². The van der Waals surface area contributed by atoms with Gasteiger partial charge in [-0.2, -0.15) is 0 Å². The standard InChI is InChI=1S/C24H46N2O/c1-6-7-8-9-10-11-12-13-14-15-16-17-18-19-20-21-24(27)25-26(4,5)22-23(2)3/h13-14H,2,6-12,15-22H2,1,3-5H3/p+1/b14-13-. The molecule has 0 aliphatic rings. The SMILES string of the molecule is C=C(C)C[N+](C)(C)NC(=O)CCCCCCC/C=C\CCCCCCCC. The van der Waals surface area contributed by atoms with Crippen molar-refractivity contribution >= 4 is 5.91 Å². The Balaban J connectivity index is 3.43. The molecule has 0 saturated heterocycles. The van der Waals surface area contributed by atoms with E-state index in [0.29, 0.717) is 11.0 Å². The summed E-state index contributed by atoms with van der Waals surface area (Å²) in [5.74, 6) is 0.152. The van der Waals surface area contributed by atoms with Crippen molar-refractivity contribution in [1.82, 2.24) is 5.43 Å². The van der Waals surface area contributed by atoms with E-state index in [1.165, 1.54) is 70.6 Å². The van der Waals surface area contributed by atoms with Crippen LogP contribution in [0.2, 0.25) is 0 Å². The Hall–Kier alpha value is -1.09. The van der Waals surface area contributed by atoms with Gasteiger partial charge in [0.15, 0.2) is 0 Å². The van der Waals surface area contributed by atoms with E-state index in [1.807, 2.05) is 21.0 Å². The van der Waals surface area contributed by atoms with E-state index in [0.717, 1.165) is 25.0 Å². The molecule has 0 atom stereocenters. The van der Waals surface area contributed by atoms with Crippen molar-refractivity contribution in [2.75, 3.05) is 20.6 Å². The minimum Gasteiger partial charge on any atom is -0.270 e. The van der Waals surface area contributed by atoms with Gasteiger partial charge >= 0.3 is 0 Å². The Morgan fingerprint density at radius 2 is 1.33 bits per heavy atom. The first-order valence-corrected chi connectivity index (χ1v) is 11.3. The first kappa shape index (κ1) is 25.9. The van der Waals surface area contributed by atoms with E-state index in [9.17, 15) is 4.79 Å². The fraction of sp³-hybridized carbons (Fsp3) is 0.792. The van der Waals surface area contributed by atoms with Gasteiger partial charge in [0.1, 0.15) is 6.54 Å². The second-order valence-corrected chi connectivity index (χ2v) is 8.67. The van der Waals surface area contributed by atoms with Gasteiger partial charge in [-0.25, -0.2) is 10.0 Å². The minimum atomic E-state index is 0.152. The number of carbonyl (C=O) groups is 1. The summed E-state index contributed by atoms with van der Waals surface area (Å²) in [4.78, 5) is 12.0. The van der Waals surface area contributed by atoms with Crippen LogP contribution < -0.4 is 5.43 Å². The van der Waals surface area contributed by atoms with Crippen LogP contribution in [-0.4, -0.2) is 31.1 Å². The summed E-state index contributed by atoms with van der Waals surface area (Å²) in [6.07, 6.45) is 22.1. The highest BCUT2D eigenvalue weighted by molar-refractivity contribution is 5.74. The van der Waals surface area contributed by atoms with Crippen molar-refractivity contribution in [3.05, 3.63) is 24.3 Å². The molecular weight excluding hydrogens is 332 g/mol. The van der Waals surface area contributed by atoms with E-state index in [-0.39, 0.29) is 5.91 Å². The lowest BCUT2D eigenvalue weighted by Gasteiger charge is -2.29. The second kappa shape index (κ2) is 17.0. The van der Waals surface area contributed by atoms with E-state index >= 15 is 0 Å². The van der Waals surface area contributed by atoms with Crippen LogP contribution >= 0.6 is 0 Å². The van der Waals surface area contributed by atoms with Crippen LogP contribution in [0.25, 0.3) is 0 Å². The van der Waals surface area contributed by atoms with E-state index in [2.05, 4.69) is 31.1 Å². The first-order valence-electron chi connectivity index (χ1n) is 11.3. The van der Waals surface area contributed by atoms with Crippen molar-refractivity contribution in [3.63, 3.8) is 0 Å². The van der Waals surface area contributed by atoms with Gasteiger partial charge in [-0.3, -0.25) is 4.79 Å².